The molecule has 0 aromatic heterocycles. The average Bonchev–Trinajstić information content (AvgIpc) is 2.16. The van der Waals surface area contributed by atoms with Crippen molar-refractivity contribution in [2.75, 3.05) is 7.11 Å². The second kappa shape index (κ2) is 4.77. The quantitative estimate of drug-likeness (QED) is 0.589. The Kier molecular flexibility index (Phi) is 3.64. The maximum absolute atomic E-state index is 10.7. The average molecular weight is 242 g/mol. The molecule has 0 fully saturated rings. The van der Waals surface area contributed by atoms with E-state index in [0.29, 0.717) is 5.69 Å². The van der Waals surface area contributed by atoms with Crippen LogP contribution in [0.3, 0.4) is 0 Å². The SMILES string of the molecule is COC(=O)C=Nc1ccc(Br)cc1. The van der Waals surface area contributed by atoms with Crippen molar-refractivity contribution in [3.63, 3.8) is 0 Å². The topological polar surface area (TPSA) is 38.7 Å². The minimum absolute atomic E-state index is 0.456. The highest BCUT2D eigenvalue weighted by Gasteiger charge is 1.92. The van der Waals surface area contributed by atoms with Crippen LogP contribution in [0.1, 0.15) is 0 Å². The molecule has 0 saturated carbocycles. The predicted octanol–water partition coefficient (Wildman–Crippen LogP) is 2.32. The van der Waals surface area contributed by atoms with Crippen LogP contribution in [-0.2, 0) is 9.53 Å². The minimum atomic E-state index is -0.456. The summed E-state index contributed by atoms with van der Waals surface area (Å²) >= 11 is 3.30. The van der Waals surface area contributed by atoms with Gasteiger partial charge in [-0.1, -0.05) is 15.9 Å². The summed E-state index contributed by atoms with van der Waals surface area (Å²) in [5.41, 5.74) is 0.716. The first-order chi connectivity index (χ1) is 6.22. The monoisotopic (exact) mass is 241 g/mol. The van der Waals surface area contributed by atoms with E-state index in [4.69, 9.17) is 0 Å². The number of halogens is 1. The van der Waals surface area contributed by atoms with Crippen LogP contribution in [0.25, 0.3) is 0 Å². The summed E-state index contributed by atoms with van der Waals surface area (Å²) in [6.45, 7) is 0. The van der Waals surface area contributed by atoms with Gasteiger partial charge in [0.05, 0.1) is 12.8 Å². The Balaban J connectivity index is 2.69. The number of aliphatic imine (C=N–C) groups is 1. The molecule has 0 saturated heterocycles. The molecule has 0 bridgehead atoms. The number of benzene rings is 1. The Bertz CT molecular complexity index is 319. The molecule has 0 N–H and O–H groups in total. The van der Waals surface area contributed by atoms with E-state index in [2.05, 4.69) is 25.7 Å². The standard InChI is InChI=1S/C9H8BrNO2/c1-13-9(12)6-11-8-4-2-7(10)3-5-8/h2-6H,1H3. The molecule has 0 unspecified atom stereocenters. The molecule has 0 heterocycles. The van der Waals surface area contributed by atoms with Crippen LogP contribution in [0.5, 0.6) is 0 Å². The van der Waals surface area contributed by atoms with Gasteiger partial charge in [-0.3, -0.25) is 0 Å². The summed E-state index contributed by atoms with van der Waals surface area (Å²) in [7, 11) is 1.32. The van der Waals surface area contributed by atoms with E-state index >= 15 is 0 Å². The van der Waals surface area contributed by atoms with Crippen LogP contribution >= 0.6 is 15.9 Å². The van der Waals surface area contributed by atoms with Gasteiger partial charge < -0.3 is 4.74 Å². The van der Waals surface area contributed by atoms with Gasteiger partial charge >= 0.3 is 5.97 Å². The van der Waals surface area contributed by atoms with Gasteiger partial charge in [0.1, 0.15) is 6.21 Å². The third kappa shape index (κ3) is 3.38. The van der Waals surface area contributed by atoms with Crippen molar-refractivity contribution < 1.29 is 9.53 Å². The van der Waals surface area contributed by atoms with Crippen molar-refractivity contribution in [3.8, 4) is 0 Å². The number of esters is 1. The third-order valence-electron chi connectivity index (χ3n) is 1.35. The molecule has 0 atom stereocenters. The highest BCUT2D eigenvalue weighted by Crippen LogP contribution is 2.15. The molecular weight excluding hydrogens is 234 g/mol. The van der Waals surface area contributed by atoms with Crippen LogP contribution in [-0.4, -0.2) is 19.3 Å². The van der Waals surface area contributed by atoms with E-state index in [1.807, 2.05) is 12.1 Å². The molecule has 0 aliphatic rings. The molecule has 0 amide bonds. The minimum Gasteiger partial charge on any atom is -0.465 e. The molecule has 68 valence electrons. The summed E-state index contributed by atoms with van der Waals surface area (Å²) in [5.74, 6) is -0.456. The second-order valence-electron chi connectivity index (χ2n) is 2.26. The largest absolute Gasteiger partial charge is 0.465 e. The van der Waals surface area contributed by atoms with Crippen molar-refractivity contribution in [2.45, 2.75) is 0 Å². The summed E-state index contributed by atoms with van der Waals surface area (Å²) < 4.78 is 5.37. The number of nitrogens with zero attached hydrogens (tertiary/aromatic N) is 1. The normalized spacial score (nSPS) is 10.3. The Morgan fingerprint density at radius 1 is 1.46 bits per heavy atom. The number of hydrogen-bond acceptors (Lipinski definition) is 3. The van der Waals surface area contributed by atoms with E-state index < -0.39 is 5.97 Å². The fraction of sp³-hybridized carbons (Fsp3) is 0.111. The third-order valence-corrected chi connectivity index (χ3v) is 1.88. The number of carbonyl (C=O) groups excluding carboxylic acids is 1. The summed E-state index contributed by atoms with van der Waals surface area (Å²) in [6, 6.07) is 7.29. The molecule has 13 heavy (non-hydrogen) atoms. The van der Waals surface area contributed by atoms with E-state index in [1.54, 1.807) is 12.1 Å². The fourth-order valence-corrected chi connectivity index (χ4v) is 0.971. The first-order valence-electron chi connectivity index (χ1n) is 3.60. The summed E-state index contributed by atoms with van der Waals surface area (Å²) in [6.07, 6.45) is 1.14. The number of methoxy groups -OCH3 is 1. The highest BCUT2D eigenvalue weighted by atomic mass is 79.9. The van der Waals surface area contributed by atoms with Crippen molar-refractivity contribution in [1.29, 1.82) is 0 Å². The smallest absolute Gasteiger partial charge is 0.349 e. The van der Waals surface area contributed by atoms with Gasteiger partial charge in [0, 0.05) is 4.47 Å². The zero-order valence-electron chi connectivity index (χ0n) is 7.03. The fourth-order valence-electron chi connectivity index (χ4n) is 0.707. The van der Waals surface area contributed by atoms with E-state index in [1.165, 1.54) is 7.11 Å². The Labute approximate surface area is 84.6 Å². The van der Waals surface area contributed by atoms with E-state index in [9.17, 15) is 4.79 Å². The Hall–Kier alpha value is -1.16. The van der Waals surface area contributed by atoms with Gasteiger partial charge in [-0.2, -0.15) is 0 Å². The zero-order chi connectivity index (χ0) is 9.68. The van der Waals surface area contributed by atoms with Crippen LogP contribution in [0.15, 0.2) is 33.7 Å². The number of rotatable bonds is 2. The van der Waals surface area contributed by atoms with Crippen molar-refractivity contribution in [1.82, 2.24) is 0 Å². The van der Waals surface area contributed by atoms with Crippen molar-refractivity contribution in [3.05, 3.63) is 28.7 Å². The molecule has 0 aliphatic carbocycles. The summed E-state index contributed by atoms with van der Waals surface area (Å²) in [5, 5.41) is 0. The summed E-state index contributed by atoms with van der Waals surface area (Å²) in [4.78, 5) is 14.6. The molecule has 1 rings (SSSR count). The Morgan fingerprint density at radius 2 is 2.08 bits per heavy atom. The van der Waals surface area contributed by atoms with Crippen molar-refractivity contribution >= 4 is 33.8 Å². The lowest BCUT2D eigenvalue weighted by Crippen LogP contribution is -1.99. The van der Waals surface area contributed by atoms with Gasteiger partial charge in [0.15, 0.2) is 0 Å². The first kappa shape index (κ1) is 9.92. The number of carbonyl (C=O) groups is 1. The van der Waals surface area contributed by atoms with Gasteiger partial charge in [0.25, 0.3) is 0 Å². The lowest BCUT2D eigenvalue weighted by Gasteiger charge is -1.93. The van der Waals surface area contributed by atoms with Gasteiger partial charge in [-0.05, 0) is 24.3 Å². The first-order valence-corrected chi connectivity index (χ1v) is 4.39. The zero-order valence-corrected chi connectivity index (χ0v) is 8.61. The van der Waals surface area contributed by atoms with Gasteiger partial charge in [-0.25, -0.2) is 9.79 Å². The number of ether oxygens (including phenoxy) is 1. The molecule has 0 radical (unpaired) electrons. The van der Waals surface area contributed by atoms with E-state index in [-0.39, 0.29) is 0 Å². The molecule has 4 heteroatoms. The van der Waals surface area contributed by atoms with Gasteiger partial charge in [-0.15, -0.1) is 0 Å². The predicted molar refractivity (Wildman–Crippen MR) is 54.3 cm³/mol. The molecule has 1 aromatic carbocycles. The molecule has 0 spiro atoms. The second-order valence-corrected chi connectivity index (χ2v) is 3.17. The lowest BCUT2D eigenvalue weighted by atomic mass is 10.3. The maximum Gasteiger partial charge on any atom is 0.349 e. The lowest BCUT2D eigenvalue weighted by molar-refractivity contribution is -0.132. The Morgan fingerprint density at radius 3 is 2.62 bits per heavy atom. The van der Waals surface area contributed by atoms with Crippen LogP contribution < -0.4 is 0 Å². The highest BCUT2D eigenvalue weighted by molar-refractivity contribution is 9.10. The van der Waals surface area contributed by atoms with Crippen LogP contribution in [0.4, 0.5) is 5.69 Å². The van der Waals surface area contributed by atoms with Crippen LogP contribution in [0, 0.1) is 0 Å². The van der Waals surface area contributed by atoms with Crippen LogP contribution in [0.2, 0.25) is 0 Å². The maximum atomic E-state index is 10.7. The molecular formula is C9H8BrNO2. The number of hydrogen-bond donors (Lipinski definition) is 0. The molecule has 1 aromatic rings. The van der Waals surface area contributed by atoms with E-state index in [0.717, 1.165) is 10.7 Å². The van der Waals surface area contributed by atoms with Gasteiger partial charge in [0.2, 0.25) is 0 Å². The molecule has 3 nitrogen and oxygen atoms in total. The molecule has 0 aliphatic heterocycles. The van der Waals surface area contributed by atoms with Crippen molar-refractivity contribution in [2.24, 2.45) is 4.99 Å².